The van der Waals surface area contributed by atoms with E-state index in [1.54, 1.807) is 24.3 Å². The number of benzene rings is 2. The molecule has 11 heteroatoms. The highest BCUT2D eigenvalue weighted by Gasteiger charge is 2.12. The van der Waals surface area contributed by atoms with Crippen molar-refractivity contribution in [3.63, 3.8) is 0 Å². The summed E-state index contributed by atoms with van der Waals surface area (Å²) in [6.45, 7) is -6.41. The molecule has 0 unspecified atom stereocenters. The summed E-state index contributed by atoms with van der Waals surface area (Å²) in [7, 11) is 1.53. The fourth-order valence-corrected chi connectivity index (χ4v) is 2.10. The van der Waals surface area contributed by atoms with Gasteiger partial charge in [-0.05, 0) is 36.4 Å². The Morgan fingerprint density at radius 2 is 1.69 bits per heavy atom. The zero-order chi connectivity index (χ0) is 21.2. The first kappa shape index (κ1) is 21.8. The number of methoxy groups -OCH3 is 1. The average Bonchev–Trinajstić information content (AvgIpc) is 2.67. The van der Waals surface area contributed by atoms with Crippen molar-refractivity contribution in [3.8, 4) is 17.2 Å². The average molecular weight is 415 g/mol. The van der Waals surface area contributed by atoms with Gasteiger partial charge in [-0.3, -0.25) is 4.79 Å². The van der Waals surface area contributed by atoms with E-state index < -0.39 is 24.9 Å². The number of carbonyl (C=O) groups is 1. The Morgan fingerprint density at radius 1 is 1.03 bits per heavy atom. The molecular formula is C18H17F4N3O4. The number of anilines is 1. The Kier molecular flexibility index (Phi) is 8.07. The Balaban J connectivity index is 1.94. The third-order valence-corrected chi connectivity index (χ3v) is 3.36. The molecule has 0 saturated carbocycles. The summed E-state index contributed by atoms with van der Waals surface area (Å²) in [4.78, 5) is 11.8. The fourth-order valence-electron chi connectivity index (χ4n) is 2.10. The number of ether oxygens (including phenoxy) is 3. The summed E-state index contributed by atoms with van der Waals surface area (Å²) in [6, 6.07) is 10.0. The van der Waals surface area contributed by atoms with Gasteiger partial charge in [0, 0.05) is 17.3 Å². The fraction of sp³-hybridized carbons (Fsp3) is 0.222. The minimum Gasteiger partial charge on any atom is -0.497 e. The second kappa shape index (κ2) is 10.7. The molecule has 0 aliphatic rings. The van der Waals surface area contributed by atoms with Crippen LogP contribution in [0.5, 0.6) is 17.2 Å². The van der Waals surface area contributed by atoms with Gasteiger partial charge in [0.15, 0.2) is 0 Å². The third-order valence-electron chi connectivity index (χ3n) is 3.36. The van der Waals surface area contributed by atoms with Gasteiger partial charge in [-0.2, -0.15) is 22.7 Å². The monoisotopic (exact) mass is 415 g/mol. The van der Waals surface area contributed by atoms with Crippen LogP contribution < -0.4 is 25.0 Å². The first-order chi connectivity index (χ1) is 13.9. The number of alkyl halides is 4. The highest BCUT2D eigenvalue weighted by Crippen LogP contribution is 2.26. The van der Waals surface area contributed by atoms with Crippen molar-refractivity contribution >= 4 is 17.8 Å². The maximum absolute atomic E-state index is 12.5. The maximum atomic E-state index is 12.5. The van der Waals surface area contributed by atoms with Gasteiger partial charge in [0.1, 0.15) is 17.2 Å². The topological polar surface area (TPSA) is 81.2 Å². The van der Waals surface area contributed by atoms with E-state index in [9.17, 15) is 22.4 Å². The van der Waals surface area contributed by atoms with Crippen molar-refractivity contribution in [1.82, 2.24) is 5.43 Å². The first-order valence-electron chi connectivity index (χ1n) is 8.11. The van der Waals surface area contributed by atoms with Crippen LogP contribution in [-0.2, 0) is 4.79 Å². The van der Waals surface area contributed by atoms with E-state index in [1.165, 1.54) is 13.2 Å². The number of hydrazone groups is 1. The van der Waals surface area contributed by atoms with E-state index in [2.05, 4.69) is 25.3 Å². The summed E-state index contributed by atoms with van der Waals surface area (Å²) in [5.41, 5.74) is 2.90. The van der Waals surface area contributed by atoms with Crippen LogP contribution in [0.1, 0.15) is 5.56 Å². The zero-order valence-corrected chi connectivity index (χ0v) is 15.1. The minimum atomic E-state index is -3.19. The molecular weight excluding hydrogens is 398 g/mol. The van der Waals surface area contributed by atoms with Crippen molar-refractivity contribution in [3.05, 3.63) is 48.0 Å². The predicted molar refractivity (Wildman–Crippen MR) is 96.9 cm³/mol. The lowest BCUT2D eigenvalue weighted by Crippen LogP contribution is -2.25. The SMILES string of the molecule is COc1ccc(NCC(=O)N/N=C\c2ccc(OC(F)F)cc2OC(F)F)cc1. The lowest BCUT2D eigenvalue weighted by Gasteiger charge is -2.11. The first-order valence-corrected chi connectivity index (χ1v) is 8.11. The number of halogens is 4. The van der Waals surface area contributed by atoms with E-state index in [0.717, 1.165) is 18.3 Å². The van der Waals surface area contributed by atoms with Gasteiger partial charge in [-0.25, -0.2) is 5.43 Å². The van der Waals surface area contributed by atoms with Gasteiger partial charge in [0.25, 0.3) is 5.91 Å². The summed E-state index contributed by atoms with van der Waals surface area (Å²) in [6.07, 6.45) is 1.04. The van der Waals surface area contributed by atoms with Crippen molar-refractivity contribution in [1.29, 1.82) is 0 Å². The molecule has 0 atom stereocenters. The molecule has 2 aromatic carbocycles. The molecule has 0 heterocycles. The molecule has 0 saturated heterocycles. The van der Waals surface area contributed by atoms with Gasteiger partial charge < -0.3 is 19.5 Å². The van der Waals surface area contributed by atoms with Crippen LogP contribution in [0.4, 0.5) is 23.2 Å². The smallest absolute Gasteiger partial charge is 0.387 e. The number of hydrogen-bond donors (Lipinski definition) is 2. The molecule has 29 heavy (non-hydrogen) atoms. The Morgan fingerprint density at radius 3 is 2.31 bits per heavy atom. The molecule has 156 valence electrons. The summed E-state index contributed by atoms with van der Waals surface area (Å²) < 4.78 is 62.9. The van der Waals surface area contributed by atoms with Gasteiger partial charge in [0.2, 0.25) is 0 Å². The van der Waals surface area contributed by atoms with Crippen LogP contribution in [0.3, 0.4) is 0 Å². The Hall–Kier alpha value is -3.50. The van der Waals surface area contributed by atoms with Crippen molar-refractivity contribution < 1.29 is 36.6 Å². The summed E-state index contributed by atoms with van der Waals surface area (Å²) in [5, 5.41) is 6.50. The lowest BCUT2D eigenvalue weighted by atomic mass is 10.2. The van der Waals surface area contributed by atoms with E-state index in [4.69, 9.17) is 4.74 Å². The second-order valence-corrected chi connectivity index (χ2v) is 5.33. The van der Waals surface area contributed by atoms with Crippen LogP contribution in [0.2, 0.25) is 0 Å². The van der Waals surface area contributed by atoms with Gasteiger partial charge in [-0.15, -0.1) is 0 Å². The molecule has 1 amide bonds. The quantitative estimate of drug-likeness (QED) is 0.353. The number of nitrogens with one attached hydrogen (secondary N) is 2. The van der Waals surface area contributed by atoms with E-state index in [-0.39, 0.29) is 17.9 Å². The van der Waals surface area contributed by atoms with Crippen molar-refractivity contribution in [2.45, 2.75) is 13.2 Å². The number of nitrogens with zero attached hydrogens (tertiary/aromatic N) is 1. The number of hydrogen-bond acceptors (Lipinski definition) is 6. The molecule has 0 bridgehead atoms. The molecule has 0 fully saturated rings. The Labute approximate surface area is 163 Å². The normalized spacial score (nSPS) is 11.0. The van der Waals surface area contributed by atoms with Gasteiger partial charge >= 0.3 is 13.2 Å². The summed E-state index contributed by atoms with van der Waals surface area (Å²) in [5.74, 6) is -0.643. The molecule has 2 N–H and O–H groups in total. The van der Waals surface area contributed by atoms with Crippen LogP contribution in [0.15, 0.2) is 47.6 Å². The van der Waals surface area contributed by atoms with Gasteiger partial charge in [0.05, 0.1) is 19.9 Å². The van der Waals surface area contributed by atoms with E-state index in [1.807, 2.05) is 0 Å². The van der Waals surface area contributed by atoms with Gasteiger partial charge in [-0.1, -0.05) is 0 Å². The molecule has 0 aliphatic heterocycles. The summed E-state index contributed by atoms with van der Waals surface area (Å²) >= 11 is 0. The Bertz CT molecular complexity index is 832. The highest BCUT2D eigenvalue weighted by molar-refractivity contribution is 5.86. The van der Waals surface area contributed by atoms with Crippen LogP contribution in [-0.4, -0.2) is 39.0 Å². The van der Waals surface area contributed by atoms with Crippen LogP contribution >= 0.6 is 0 Å². The molecule has 0 spiro atoms. The molecule has 0 radical (unpaired) electrons. The van der Waals surface area contributed by atoms with Crippen LogP contribution in [0.25, 0.3) is 0 Å². The molecule has 7 nitrogen and oxygen atoms in total. The predicted octanol–water partition coefficient (Wildman–Crippen LogP) is 3.46. The maximum Gasteiger partial charge on any atom is 0.387 e. The molecule has 2 rings (SSSR count). The lowest BCUT2D eigenvalue weighted by molar-refractivity contribution is -0.119. The number of rotatable bonds is 10. The number of amides is 1. The highest BCUT2D eigenvalue weighted by atomic mass is 19.3. The molecule has 2 aromatic rings. The van der Waals surface area contributed by atoms with Crippen LogP contribution in [0, 0.1) is 0 Å². The van der Waals surface area contributed by atoms with E-state index in [0.29, 0.717) is 11.4 Å². The molecule has 0 aliphatic carbocycles. The second-order valence-electron chi connectivity index (χ2n) is 5.33. The van der Waals surface area contributed by atoms with Crippen molar-refractivity contribution in [2.24, 2.45) is 5.10 Å². The largest absolute Gasteiger partial charge is 0.497 e. The van der Waals surface area contributed by atoms with Crippen molar-refractivity contribution in [2.75, 3.05) is 19.0 Å². The minimum absolute atomic E-state index is 0.0235. The molecule has 0 aromatic heterocycles. The zero-order valence-electron chi connectivity index (χ0n) is 15.1. The standard InChI is InChI=1S/C18H17F4N3O4/c1-27-13-6-3-12(4-7-13)23-10-16(26)25-24-9-11-2-5-14(28-17(19)20)8-15(11)29-18(21)22/h2-9,17-18,23H,10H2,1H3,(H,25,26)/b24-9-. The number of carbonyl (C=O) groups excluding carboxylic acids is 1. The third kappa shape index (κ3) is 7.56. The van der Waals surface area contributed by atoms with E-state index >= 15 is 0 Å².